The molecule has 2 aromatic carbocycles. The van der Waals surface area contributed by atoms with E-state index in [1.54, 1.807) is 30.3 Å². The highest BCUT2D eigenvalue weighted by atomic mass is 16.4. The van der Waals surface area contributed by atoms with Gasteiger partial charge in [-0.15, -0.1) is 0 Å². The SMILES string of the molecule is O=C(CN1C[C@H](c2ccccc2)CC1=O)N/N=C\c1ccc(-c2ccccc2C(=O)[O-])o1. The lowest BCUT2D eigenvalue weighted by Crippen LogP contribution is -2.36. The van der Waals surface area contributed by atoms with Crippen molar-refractivity contribution in [2.24, 2.45) is 5.10 Å². The minimum absolute atomic E-state index is 0.0164. The maximum absolute atomic E-state index is 12.2. The first-order valence-electron chi connectivity index (χ1n) is 10.1. The number of hydrogen-bond donors (Lipinski definition) is 1. The second-order valence-corrected chi connectivity index (χ2v) is 7.41. The summed E-state index contributed by atoms with van der Waals surface area (Å²) in [5, 5.41) is 15.1. The Morgan fingerprint density at radius 2 is 1.84 bits per heavy atom. The molecule has 1 atom stereocenters. The molecule has 1 aliphatic rings. The van der Waals surface area contributed by atoms with Crippen molar-refractivity contribution in [2.75, 3.05) is 13.1 Å². The molecule has 8 nitrogen and oxygen atoms in total. The highest BCUT2D eigenvalue weighted by Gasteiger charge is 2.31. The third-order valence-corrected chi connectivity index (χ3v) is 5.24. The monoisotopic (exact) mass is 430 g/mol. The number of carboxylic acids is 1. The van der Waals surface area contributed by atoms with Gasteiger partial charge in [-0.3, -0.25) is 9.59 Å². The number of carbonyl (C=O) groups excluding carboxylic acids is 3. The first-order valence-corrected chi connectivity index (χ1v) is 10.1. The standard InChI is InChI=1S/C24H21N3O5/c28-22(15-27-14-17(12-23(27)29)16-6-2-1-3-7-16)26-25-13-18-10-11-21(32-18)19-8-4-5-9-20(19)24(30)31/h1-11,13,17H,12,14-15H2,(H,26,28)(H,30,31)/p-1/b25-13-/t17-/m1/s1. The van der Waals surface area contributed by atoms with Crippen LogP contribution in [0.15, 0.2) is 76.2 Å². The molecule has 162 valence electrons. The number of rotatable bonds is 7. The van der Waals surface area contributed by atoms with Crippen molar-refractivity contribution in [1.29, 1.82) is 0 Å². The van der Waals surface area contributed by atoms with E-state index in [0.717, 1.165) is 5.56 Å². The average Bonchev–Trinajstić information content (AvgIpc) is 3.41. The molecule has 4 rings (SSSR count). The Hall–Kier alpha value is -4.20. The van der Waals surface area contributed by atoms with Gasteiger partial charge in [-0.25, -0.2) is 5.43 Å². The molecule has 0 saturated carbocycles. The molecular weight excluding hydrogens is 410 g/mol. The summed E-state index contributed by atoms with van der Waals surface area (Å²) < 4.78 is 5.60. The molecule has 0 unspecified atom stereocenters. The zero-order chi connectivity index (χ0) is 22.5. The minimum Gasteiger partial charge on any atom is -0.545 e. The van der Waals surface area contributed by atoms with E-state index in [1.165, 1.54) is 17.2 Å². The Bertz CT molecular complexity index is 1170. The molecule has 0 aliphatic carbocycles. The fourth-order valence-corrected chi connectivity index (χ4v) is 3.69. The summed E-state index contributed by atoms with van der Waals surface area (Å²) in [4.78, 5) is 37.2. The van der Waals surface area contributed by atoms with E-state index in [-0.39, 0.29) is 23.9 Å². The average molecular weight is 430 g/mol. The van der Waals surface area contributed by atoms with E-state index in [1.807, 2.05) is 30.3 Å². The Morgan fingerprint density at radius 1 is 1.09 bits per heavy atom. The van der Waals surface area contributed by atoms with Gasteiger partial charge in [0, 0.05) is 30.0 Å². The predicted molar refractivity (Wildman–Crippen MR) is 115 cm³/mol. The van der Waals surface area contributed by atoms with Crippen LogP contribution in [0.25, 0.3) is 11.3 Å². The van der Waals surface area contributed by atoms with Crippen molar-refractivity contribution in [3.8, 4) is 11.3 Å². The van der Waals surface area contributed by atoms with Gasteiger partial charge < -0.3 is 19.2 Å². The number of nitrogens with zero attached hydrogens (tertiary/aromatic N) is 2. The number of carbonyl (C=O) groups is 3. The number of benzene rings is 2. The highest BCUT2D eigenvalue weighted by Crippen LogP contribution is 2.28. The summed E-state index contributed by atoms with van der Waals surface area (Å²) in [6.07, 6.45) is 1.69. The van der Waals surface area contributed by atoms with Crippen LogP contribution in [-0.2, 0) is 9.59 Å². The quantitative estimate of drug-likeness (QED) is 0.453. The molecule has 1 fully saturated rings. The van der Waals surface area contributed by atoms with Crippen LogP contribution < -0.4 is 10.5 Å². The molecule has 1 aromatic heterocycles. The molecule has 1 aliphatic heterocycles. The van der Waals surface area contributed by atoms with Gasteiger partial charge in [0.1, 0.15) is 18.1 Å². The third-order valence-electron chi connectivity index (χ3n) is 5.24. The van der Waals surface area contributed by atoms with Gasteiger partial charge in [0.25, 0.3) is 5.91 Å². The van der Waals surface area contributed by atoms with Crippen LogP contribution in [0.2, 0.25) is 0 Å². The number of furan rings is 1. The molecule has 8 heteroatoms. The summed E-state index contributed by atoms with van der Waals surface area (Å²) in [6, 6.07) is 19.3. The van der Waals surface area contributed by atoms with Gasteiger partial charge in [0.15, 0.2) is 0 Å². The van der Waals surface area contributed by atoms with Crippen LogP contribution in [0.3, 0.4) is 0 Å². The molecule has 2 heterocycles. The molecule has 1 N–H and O–H groups in total. The molecule has 32 heavy (non-hydrogen) atoms. The van der Waals surface area contributed by atoms with Crippen molar-refractivity contribution >= 4 is 24.0 Å². The van der Waals surface area contributed by atoms with E-state index in [2.05, 4.69) is 10.5 Å². The smallest absolute Gasteiger partial charge is 0.259 e. The van der Waals surface area contributed by atoms with Crippen LogP contribution in [0.4, 0.5) is 0 Å². The second-order valence-electron chi connectivity index (χ2n) is 7.41. The summed E-state index contributed by atoms with van der Waals surface area (Å²) in [7, 11) is 0. The Kier molecular flexibility index (Phi) is 6.12. The fraction of sp³-hybridized carbons (Fsp3) is 0.167. The molecular formula is C24H20N3O5-. The zero-order valence-electron chi connectivity index (χ0n) is 17.1. The van der Waals surface area contributed by atoms with E-state index in [4.69, 9.17) is 4.42 Å². The van der Waals surface area contributed by atoms with Crippen LogP contribution in [0.5, 0.6) is 0 Å². The lowest BCUT2D eigenvalue weighted by atomic mass is 9.99. The number of amides is 2. The van der Waals surface area contributed by atoms with Crippen LogP contribution in [0.1, 0.15) is 34.0 Å². The number of aromatic carboxylic acids is 1. The Labute approximate surface area is 184 Å². The maximum atomic E-state index is 12.2. The Balaban J connectivity index is 1.33. The number of hydrogen-bond acceptors (Lipinski definition) is 6. The van der Waals surface area contributed by atoms with Gasteiger partial charge in [-0.05, 0) is 17.7 Å². The van der Waals surface area contributed by atoms with Gasteiger partial charge >= 0.3 is 0 Å². The van der Waals surface area contributed by atoms with Gasteiger partial charge in [0.05, 0.1) is 12.2 Å². The highest BCUT2D eigenvalue weighted by molar-refractivity contribution is 5.94. The molecule has 0 spiro atoms. The maximum Gasteiger partial charge on any atom is 0.259 e. The summed E-state index contributed by atoms with van der Waals surface area (Å²) in [5.41, 5.74) is 3.87. The van der Waals surface area contributed by atoms with Crippen molar-refractivity contribution in [3.05, 3.63) is 83.6 Å². The van der Waals surface area contributed by atoms with Gasteiger partial charge in [-0.2, -0.15) is 5.10 Å². The minimum atomic E-state index is -1.30. The molecule has 0 radical (unpaired) electrons. The van der Waals surface area contributed by atoms with E-state index in [0.29, 0.717) is 30.0 Å². The lowest BCUT2D eigenvalue weighted by Gasteiger charge is -2.15. The summed E-state index contributed by atoms with van der Waals surface area (Å²) >= 11 is 0. The largest absolute Gasteiger partial charge is 0.545 e. The van der Waals surface area contributed by atoms with E-state index < -0.39 is 11.9 Å². The normalized spacial score (nSPS) is 15.9. The number of likely N-dealkylation sites (tertiary alicyclic amines) is 1. The summed E-state index contributed by atoms with van der Waals surface area (Å²) in [5.74, 6) is -1.05. The zero-order valence-corrected chi connectivity index (χ0v) is 17.1. The van der Waals surface area contributed by atoms with Crippen LogP contribution >= 0.6 is 0 Å². The van der Waals surface area contributed by atoms with Crippen molar-refractivity contribution in [3.63, 3.8) is 0 Å². The molecule has 3 aromatic rings. The number of nitrogens with one attached hydrogen (secondary N) is 1. The van der Waals surface area contributed by atoms with Crippen molar-refractivity contribution in [1.82, 2.24) is 10.3 Å². The van der Waals surface area contributed by atoms with Crippen LogP contribution in [0, 0.1) is 0 Å². The summed E-state index contributed by atoms with van der Waals surface area (Å²) in [6.45, 7) is 0.404. The lowest BCUT2D eigenvalue weighted by molar-refractivity contribution is -0.255. The first-order chi connectivity index (χ1) is 15.5. The van der Waals surface area contributed by atoms with Crippen molar-refractivity contribution < 1.29 is 23.9 Å². The van der Waals surface area contributed by atoms with E-state index in [9.17, 15) is 19.5 Å². The fourth-order valence-electron chi connectivity index (χ4n) is 3.69. The molecule has 2 amide bonds. The molecule has 0 bridgehead atoms. The topological polar surface area (TPSA) is 115 Å². The first kappa shape index (κ1) is 21.0. The predicted octanol–water partition coefficient (Wildman–Crippen LogP) is 1.78. The third kappa shape index (κ3) is 4.75. The number of carboxylic acid groups (broad SMARTS) is 1. The van der Waals surface area contributed by atoms with Crippen LogP contribution in [-0.4, -0.2) is 42.0 Å². The van der Waals surface area contributed by atoms with Gasteiger partial charge in [-0.1, -0.05) is 54.6 Å². The number of hydrazone groups is 1. The van der Waals surface area contributed by atoms with E-state index >= 15 is 0 Å². The van der Waals surface area contributed by atoms with Crippen molar-refractivity contribution in [2.45, 2.75) is 12.3 Å². The van der Waals surface area contributed by atoms with Gasteiger partial charge in [0.2, 0.25) is 5.91 Å². The second kappa shape index (κ2) is 9.30. The molecule has 1 saturated heterocycles. The Morgan fingerprint density at radius 3 is 2.62 bits per heavy atom.